The van der Waals surface area contributed by atoms with Gasteiger partial charge in [0.05, 0.1) is 0 Å². The van der Waals surface area contributed by atoms with Crippen LogP contribution < -0.4 is 4.72 Å². The van der Waals surface area contributed by atoms with E-state index < -0.39 is 10.0 Å². The first kappa shape index (κ1) is 8.66. The van der Waals surface area contributed by atoms with Crippen LogP contribution in [0.2, 0.25) is 0 Å². The largest absolute Gasteiger partial charge is 0.278 e. The van der Waals surface area contributed by atoms with Crippen molar-refractivity contribution in [1.29, 1.82) is 0 Å². The van der Waals surface area contributed by atoms with E-state index >= 15 is 0 Å². The Balaban J connectivity index is 3.07. The van der Waals surface area contributed by atoms with Gasteiger partial charge in [-0.3, -0.25) is 14.5 Å². The van der Waals surface area contributed by atoms with Crippen LogP contribution in [0.25, 0.3) is 0 Å². The molecule has 1 N–H and O–H groups in total. The van der Waals surface area contributed by atoms with Crippen LogP contribution in [0.3, 0.4) is 0 Å². The molecule has 0 fully saturated rings. The molecule has 1 heterocycles. The van der Waals surface area contributed by atoms with Crippen LogP contribution >= 0.6 is 0 Å². The number of nitrogens with one attached hydrogen (secondary N) is 1. The number of carbonyl (C=O) groups is 1. The van der Waals surface area contributed by atoms with Crippen LogP contribution in [-0.2, 0) is 14.8 Å². The lowest BCUT2D eigenvalue weighted by atomic mass is 10.5. The molecule has 0 bridgehead atoms. The molecule has 0 aliphatic rings. The van der Waals surface area contributed by atoms with E-state index in [9.17, 15) is 13.2 Å². The lowest BCUT2D eigenvalue weighted by Crippen LogP contribution is -2.21. The van der Waals surface area contributed by atoms with E-state index in [4.69, 9.17) is 0 Å². The lowest BCUT2D eigenvalue weighted by molar-refractivity contribution is -0.108. The van der Waals surface area contributed by atoms with Gasteiger partial charge in [0.25, 0.3) is 10.0 Å². The summed E-state index contributed by atoms with van der Waals surface area (Å²) in [5, 5.41) is 0. The van der Waals surface area contributed by atoms with Gasteiger partial charge in [-0.05, 0) is 12.1 Å². The van der Waals surface area contributed by atoms with Crippen LogP contribution in [-0.4, -0.2) is 19.8 Å². The Morgan fingerprint density at radius 2 is 2.25 bits per heavy atom. The second-order valence-electron chi connectivity index (χ2n) is 1.93. The Morgan fingerprint density at radius 1 is 1.50 bits per heavy atom. The highest BCUT2D eigenvalue weighted by Gasteiger charge is 2.11. The third-order valence-corrected chi connectivity index (χ3v) is 2.42. The van der Waals surface area contributed by atoms with Crippen molar-refractivity contribution in [1.82, 2.24) is 9.71 Å². The quantitative estimate of drug-likeness (QED) is 0.646. The summed E-state index contributed by atoms with van der Waals surface area (Å²) in [6, 6.07) is 2.82. The number of rotatable bonds is 3. The molecule has 64 valence electrons. The third-order valence-electron chi connectivity index (χ3n) is 1.15. The van der Waals surface area contributed by atoms with Gasteiger partial charge in [-0.15, -0.1) is 0 Å². The van der Waals surface area contributed by atoms with Crippen molar-refractivity contribution in [3.05, 3.63) is 24.5 Å². The summed E-state index contributed by atoms with van der Waals surface area (Å²) in [5.41, 5.74) is 0. The molecule has 0 saturated carbocycles. The number of nitrogens with zero attached hydrogens (tertiary/aromatic N) is 1. The summed E-state index contributed by atoms with van der Waals surface area (Å²) in [6.07, 6.45) is 2.72. The number of amides is 1. The minimum Gasteiger partial charge on any atom is -0.278 e. The Bertz CT molecular complexity index is 360. The van der Waals surface area contributed by atoms with Crippen LogP contribution in [0.1, 0.15) is 0 Å². The second kappa shape index (κ2) is 3.31. The topological polar surface area (TPSA) is 76.1 Å². The molecule has 1 rings (SSSR count). The molecule has 1 amide bonds. The van der Waals surface area contributed by atoms with E-state index in [1.54, 1.807) is 4.72 Å². The zero-order chi connectivity index (χ0) is 9.03. The van der Waals surface area contributed by atoms with Crippen molar-refractivity contribution < 1.29 is 13.2 Å². The fraction of sp³-hybridized carbons (Fsp3) is 0. The van der Waals surface area contributed by atoms with Gasteiger partial charge in [0, 0.05) is 12.4 Å². The highest BCUT2D eigenvalue weighted by atomic mass is 32.2. The van der Waals surface area contributed by atoms with Gasteiger partial charge in [-0.25, -0.2) is 8.42 Å². The lowest BCUT2D eigenvalue weighted by Gasteiger charge is -1.99. The van der Waals surface area contributed by atoms with Gasteiger partial charge < -0.3 is 0 Å². The Kier molecular flexibility index (Phi) is 2.39. The van der Waals surface area contributed by atoms with Gasteiger partial charge >= 0.3 is 0 Å². The third kappa shape index (κ3) is 1.79. The zero-order valence-electron chi connectivity index (χ0n) is 5.97. The number of aromatic nitrogens is 1. The maximum Gasteiger partial charge on any atom is 0.265 e. The Hall–Kier alpha value is -1.43. The van der Waals surface area contributed by atoms with Crippen LogP contribution in [0.4, 0.5) is 0 Å². The van der Waals surface area contributed by atoms with Crippen molar-refractivity contribution in [3.8, 4) is 0 Å². The Labute approximate surface area is 69.5 Å². The van der Waals surface area contributed by atoms with Crippen LogP contribution in [0, 0.1) is 0 Å². The minimum atomic E-state index is -3.69. The highest BCUT2D eigenvalue weighted by Crippen LogP contribution is 2.03. The first-order valence-corrected chi connectivity index (χ1v) is 4.51. The number of hydrogen-bond acceptors (Lipinski definition) is 4. The SMILES string of the molecule is O=CNS(=O)(=O)c1cccnc1. The van der Waals surface area contributed by atoms with E-state index in [-0.39, 0.29) is 11.3 Å². The molecule has 5 nitrogen and oxygen atoms in total. The molecular formula is C6H6N2O3S. The van der Waals surface area contributed by atoms with Gasteiger partial charge in [-0.1, -0.05) is 0 Å². The summed E-state index contributed by atoms with van der Waals surface area (Å²) in [7, 11) is -3.69. The van der Waals surface area contributed by atoms with Crippen molar-refractivity contribution in [3.63, 3.8) is 0 Å². The normalized spacial score (nSPS) is 10.7. The predicted octanol–water partition coefficient (Wildman–Crippen LogP) is -0.484. The average molecular weight is 186 g/mol. The van der Waals surface area contributed by atoms with E-state index in [1.807, 2.05) is 0 Å². The summed E-state index contributed by atoms with van der Waals surface area (Å²) < 4.78 is 23.8. The molecule has 1 aromatic heterocycles. The maximum absolute atomic E-state index is 11.0. The smallest absolute Gasteiger partial charge is 0.265 e. The van der Waals surface area contributed by atoms with E-state index in [0.717, 1.165) is 6.20 Å². The molecule has 0 radical (unpaired) electrons. The molecule has 0 aromatic carbocycles. The predicted molar refractivity (Wildman–Crippen MR) is 40.6 cm³/mol. The van der Waals surface area contributed by atoms with Gasteiger partial charge in [0.2, 0.25) is 6.41 Å². The average Bonchev–Trinajstić information content (AvgIpc) is 2.06. The van der Waals surface area contributed by atoms with Gasteiger partial charge in [0.1, 0.15) is 4.90 Å². The molecule has 1 aromatic rings. The second-order valence-corrected chi connectivity index (χ2v) is 3.64. The number of hydrogen-bond donors (Lipinski definition) is 1. The van der Waals surface area contributed by atoms with Crippen molar-refractivity contribution in [2.75, 3.05) is 0 Å². The zero-order valence-corrected chi connectivity index (χ0v) is 6.78. The molecular weight excluding hydrogens is 180 g/mol. The fourth-order valence-corrected chi connectivity index (χ4v) is 1.36. The first-order chi connectivity index (χ1) is 5.67. The van der Waals surface area contributed by atoms with Crippen LogP contribution in [0.5, 0.6) is 0 Å². The molecule has 0 aliphatic heterocycles. The molecule has 0 unspecified atom stereocenters. The number of sulfonamides is 1. The summed E-state index contributed by atoms with van der Waals surface area (Å²) >= 11 is 0. The van der Waals surface area contributed by atoms with E-state index in [0.29, 0.717) is 0 Å². The van der Waals surface area contributed by atoms with E-state index in [2.05, 4.69) is 4.98 Å². The Morgan fingerprint density at radius 3 is 2.75 bits per heavy atom. The van der Waals surface area contributed by atoms with Crippen molar-refractivity contribution in [2.45, 2.75) is 4.90 Å². The molecule has 12 heavy (non-hydrogen) atoms. The number of carbonyl (C=O) groups excluding carboxylic acids is 1. The monoisotopic (exact) mass is 186 g/mol. The fourth-order valence-electron chi connectivity index (χ4n) is 0.637. The van der Waals surface area contributed by atoms with Crippen molar-refractivity contribution >= 4 is 16.4 Å². The van der Waals surface area contributed by atoms with Gasteiger partial charge in [-0.2, -0.15) is 0 Å². The molecule has 0 aliphatic carbocycles. The molecule has 0 spiro atoms. The minimum absolute atomic E-state index is 0.0305. The standard InChI is InChI=1S/C6H6N2O3S/c9-5-8-12(10,11)6-2-1-3-7-4-6/h1-5H,(H,8,9). The van der Waals surface area contributed by atoms with E-state index in [1.165, 1.54) is 18.3 Å². The molecule has 6 heteroatoms. The summed E-state index contributed by atoms with van der Waals surface area (Å²) in [6.45, 7) is 0. The summed E-state index contributed by atoms with van der Waals surface area (Å²) in [5.74, 6) is 0. The summed E-state index contributed by atoms with van der Waals surface area (Å²) in [4.78, 5) is 13.5. The first-order valence-electron chi connectivity index (χ1n) is 3.03. The molecule has 0 saturated heterocycles. The van der Waals surface area contributed by atoms with Crippen molar-refractivity contribution in [2.24, 2.45) is 0 Å². The highest BCUT2D eigenvalue weighted by molar-refractivity contribution is 7.90. The molecule has 0 atom stereocenters. The van der Waals surface area contributed by atoms with Gasteiger partial charge in [0.15, 0.2) is 0 Å². The number of pyridine rings is 1. The maximum atomic E-state index is 11.0. The van der Waals surface area contributed by atoms with Crippen LogP contribution in [0.15, 0.2) is 29.4 Å².